The standard InChI is InChI=1S/C35H36ClN3O4S/c36-30-16-11-29(12-17-30)25-39(34(40)22-15-26-13-20-32(21-14-26)44(42,43)38-31-18-19-31)33(23-27-7-3-1-4-8-27)35(41)37-24-28-9-5-2-6-10-28/h1-14,16-17,20-21,31,33,38H,15,18-19,22-25H2,(H,37,41)/t33-/m1/s1. The van der Waals surface area contributed by atoms with E-state index in [1.807, 2.05) is 72.8 Å². The van der Waals surface area contributed by atoms with Crippen LogP contribution in [0.5, 0.6) is 0 Å². The minimum Gasteiger partial charge on any atom is -0.350 e. The second-order valence-corrected chi connectivity index (χ2v) is 13.2. The van der Waals surface area contributed by atoms with E-state index in [2.05, 4.69) is 10.0 Å². The summed E-state index contributed by atoms with van der Waals surface area (Å²) < 4.78 is 27.8. The van der Waals surface area contributed by atoms with Crippen molar-refractivity contribution in [2.45, 2.75) is 62.2 Å². The van der Waals surface area contributed by atoms with Crippen LogP contribution in [0.4, 0.5) is 0 Å². The normalized spacial score (nSPS) is 13.7. The first-order valence-corrected chi connectivity index (χ1v) is 16.6. The fourth-order valence-electron chi connectivity index (χ4n) is 4.96. The molecule has 7 nitrogen and oxygen atoms in total. The zero-order valence-corrected chi connectivity index (χ0v) is 25.9. The molecule has 2 amide bonds. The Kier molecular flexibility index (Phi) is 10.5. The molecule has 1 aliphatic carbocycles. The Bertz CT molecular complexity index is 1640. The largest absolute Gasteiger partial charge is 0.350 e. The Labute approximate surface area is 264 Å². The van der Waals surface area contributed by atoms with Gasteiger partial charge in [0.15, 0.2) is 0 Å². The molecular formula is C35H36ClN3O4S. The predicted octanol–water partition coefficient (Wildman–Crippen LogP) is 5.67. The van der Waals surface area contributed by atoms with Crippen LogP contribution < -0.4 is 10.0 Å². The van der Waals surface area contributed by atoms with E-state index in [-0.39, 0.29) is 35.7 Å². The van der Waals surface area contributed by atoms with Crippen molar-refractivity contribution in [3.05, 3.63) is 136 Å². The van der Waals surface area contributed by atoms with E-state index in [4.69, 9.17) is 11.6 Å². The Morgan fingerprint density at radius 2 is 1.36 bits per heavy atom. The number of halogens is 1. The minimum atomic E-state index is -3.55. The number of carbonyl (C=O) groups excluding carboxylic acids is 2. The molecule has 0 heterocycles. The third-order valence-electron chi connectivity index (χ3n) is 7.61. The van der Waals surface area contributed by atoms with Gasteiger partial charge in [-0.2, -0.15) is 0 Å². The van der Waals surface area contributed by atoms with E-state index in [0.717, 1.165) is 35.1 Å². The molecule has 4 aromatic rings. The number of benzene rings is 4. The van der Waals surface area contributed by atoms with E-state index in [1.165, 1.54) is 0 Å². The Morgan fingerprint density at radius 1 is 0.773 bits per heavy atom. The van der Waals surface area contributed by atoms with Gasteiger partial charge in [0.2, 0.25) is 21.8 Å². The molecule has 44 heavy (non-hydrogen) atoms. The number of hydrogen-bond donors (Lipinski definition) is 2. The van der Waals surface area contributed by atoms with Gasteiger partial charge in [-0.25, -0.2) is 13.1 Å². The third kappa shape index (κ3) is 9.02. The lowest BCUT2D eigenvalue weighted by Gasteiger charge is -2.32. The lowest BCUT2D eigenvalue weighted by Crippen LogP contribution is -2.50. The first kappa shape index (κ1) is 31.4. The summed E-state index contributed by atoms with van der Waals surface area (Å²) >= 11 is 6.13. The maximum atomic E-state index is 14.0. The second-order valence-electron chi connectivity index (χ2n) is 11.1. The summed E-state index contributed by atoms with van der Waals surface area (Å²) in [7, 11) is -3.55. The molecule has 0 saturated heterocycles. The summed E-state index contributed by atoms with van der Waals surface area (Å²) in [6.07, 6.45) is 2.62. The molecule has 9 heteroatoms. The molecule has 0 radical (unpaired) electrons. The van der Waals surface area contributed by atoms with Crippen molar-refractivity contribution in [3.8, 4) is 0 Å². The molecule has 1 aliphatic rings. The fourth-order valence-corrected chi connectivity index (χ4v) is 6.39. The van der Waals surface area contributed by atoms with E-state index in [0.29, 0.717) is 24.4 Å². The van der Waals surface area contributed by atoms with Crippen molar-refractivity contribution >= 4 is 33.4 Å². The smallest absolute Gasteiger partial charge is 0.243 e. The van der Waals surface area contributed by atoms with E-state index < -0.39 is 16.1 Å². The van der Waals surface area contributed by atoms with Crippen LogP contribution in [0.15, 0.2) is 114 Å². The molecule has 0 bridgehead atoms. The van der Waals surface area contributed by atoms with Crippen LogP contribution in [0.2, 0.25) is 5.02 Å². The van der Waals surface area contributed by atoms with Crippen LogP contribution >= 0.6 is 11.6 Å². The summed E-state index contributed by atoms with van der Waals surface area (Å²) in [6, 6.07) is 32.5. The Hall–Kier alpha value is -3.98. The van der Waals surface area contributed by atoms with Crippen molar-refractivity contribution in [1.29, 1.82) is 0 Å². The van der Waals surface area contributed by atoms with Crippen LogP contribution in [0.3, 0.4) is 0 Å². The predicted molar refractivity (Wildman–Crippen MR) is 172 cm³/mol. The highest BCUT2D eigenvalue weighted by Crippen LogP contribution is 2.23. The number of nitrogens with zero attached hydrogens (tertiary/aromatic N) is 1. The van der Waals surface area contributed by atoms with Crippen molar-refractivity contribution < 1.29 is 18.0 Å². The molecule has 0 aliphatic heterocycles. The molecule has 0 aromatic heterocycles. The van der Waals surface area contributed by atoms with Crippen LogP contribution in [-0.4, -0.2) is 37.2 Å². The molecule has 1 atom stereocenters. The molecule has 1 fully saturated rings. The number of amides is 2. The van der Waals surface area contributed by atoms with E-state index in [1.54, 1.807) is 41.3 Å². The van der Waals surface area contributed by atoms with Gasteiger partial charge in [-0.3, -0.25) is 9.59 Å². The SMILES string of the molecule is O=C(NCc1ccccc1)[C@@H](Cc1ccccc1)N(Cc1ccc(Cl)cc1)C(=O)CCc1ccc(S(=O)(=O)NC2CC2)cc1. The molecule has 0 spiro atoms. The number of hydrogen-bond acceptors (Lipinski definition) is 4. The lowest BCUT2D eigenvalue weighted by molar-refractivity contribution is -0.141. The maximum Gasteiger partial charge on any atom is 0.243 e. The van der Waals surface area contributed by atoms with Gasteiger partial charge in [-0.1, -0.05) is 96.5 Å². The Morgan fingerprint density at radius 3 is 1.98 bits per heavy atom. The number of rotatable bonds is 14. The highest BCUT2D eigenvalue weighted by Gasteiger charge is 2.31. The quantitative estimate of drug-likeness (QED) is 0.188. The molecule has 0 unspecified atom stereocenters. The first-order valence-electron chi connectivity index (χ1n) is 14.8. The van der Waals surface area contributed by atoms with E-state index >= 15 is 0 Å². The highest BCUT2D eigenvalue weighted by atomic mass is 35.5. The summed E-state index contributed by atoms with van der Waals surface area (Å²) in [4.78, 5) is 29.6. The number of nitrogens with one attached hydrogen (secondary N) is 2. The van der Waals surface area contributed by atoms with Crippen LogP contribution in [0.25, 0.3) is 0 Å². The average molecular weight is 630 g/mol. The van der Waals surface area contributed by atoms with Crippen molar-refractivity contribution in [3.63, 3.8) is 0 Å². The van der Waals surface area contributed by atoms with Crippen LogP contribution in [-0.2, 0) is 45.5 Å². The number of carbonyl (C=O) groups is 2. The first-order chi connectivity index (χ1) is 21.3. The van der Waals surface area contributed by atoms with Crippen LogP contribution in [0, 0.1) is 0 Å². The molecule has 2 N–H and O–H groups in total. The molecule has 5 rings (SSSR count). The second kappa shape index (κ2) is 14.7. The van der Waals surface area contributed by atoms with Gasteiger partial charge in [0.25, 0.3) is 0 Å². The van der Waals surface area contributed by atoms with Gasteiger partial charge >= 0.3 is 0 Å². The lowest BCUT2D eigenvalue weighted by atomic mass is 10.0. The topological polar surface area (TPSA) is 95.6 Å². The van der Waals surface area contributed by atoms with Gasteiger partial charge in [-0.15, -0.1) is 0 Å². The van der Waals surface area contributed by atoms with Crippen LogP contribution in [0.1, 0.15) is 41.5 Å². The fraction of sp³-hybridized carbons (Fsp3) is 0.257. The zero-order valence-electron chi connectivity index (χ0n) is 24.4. The summed E-state index contributed by atoms with van der Waals surface area (Å²) in [5.41, 5.74) is 3.60. The number of aryl methyl sites for hydroxylation is 1. The maximum absolute atomic E-state index is 14.0. The van der Waals surface area contributed by atoms with Gasteiger partial charge in [0, 0.05) is 37.0 Å². The number of sulfonamides is 1. The van der Waals surface area contributed by atoms with Crippen molar-refractivity contribution in [2.75, 3.05) is 0 Å². The van der Waals surface area contributed by atoms with Crippen molar-refractivity contribution in [2.24, 2.45) is 0 Å². The third-order valence-corrected chi connectivity index (χ3v) is 9.40. The molecular weight excluding hydrogens is 594 g/mol. The Balaban J connectivity index is 1.36. The average Bonchev–Trinajstić information content (AvgIpc) is 3.86. The summed E-state index contributed by atoms with van der Waals surface area (Å²) in [5.74, 6) is -0.416. The van der Waals surface area contributed by atoms with Gasteiger partial charge in [0.1, 0.15) is 6.04 Å². The monoisotopic (exact) mass is 629 g/mol. The van der Waals surface area contributed by atoms with Gasteiger partial charge in [-0.05, 0) is 65.8 Å². The van der Waals surface area contributed by atoms with Gasteiger partial charge in [0.05, 0.1) is 4.90 Å². The molecule has 4 aromatic carbocycles. The summed E-state index contributed by atoms with van der Waals surface area (Å²) in [6.45, 7) is 0.578. The zero-order chi connectivity index (χ0) is 30.9. The van der Waals surface area contributed by atoms with E-state index in [9.17, 15) is 18.0 Å². The van der Waals surface area contributed by atoms with Crippen molar-refractivity contribution in [1.82, 2.24) is 14.9 Å². The molecule has 1 saturated carbocycles. The molecule has 228 valence electrons. The van der Waals surface area contributed by atoms with Gasteiger partial charge < -0.3 is 10.2 Å². The summed E-state index contributed by atoms with van der Waals surface area (Å²) in [5, 5.41) is 3.63. The highest BCUT2D eigenvalue weighted by molar-refractivity contribution is 7.89. The minimum absolute atomic E-state index is 0.0256.